The van der Waals surface area contributed by atoms with Gasteiger partial charge in [0.25, 0.3) is 0 Å². The standard InChI is InChI=1S/C35H50FN3O5.C19H30N2O2.C17H22BrFO3/c1-23-12-14-28-31(41-5)21-25(38-33(28)37-23)10-6-8-18-42-26-16-17-39(22-26)32(34(40)44-35(2,3)4)29-20-24(36)13-15-27(29)30-11-7-9-19-43-30;1-14-6-7-17-18(11-14)21-15(12-19(17)22-2)5-3-4-10-23-16-8-9-20-13-16;1-17(2,3)22-16(20)15(18)13-10-11(19)7-8-12(13)14-6-4-5-9-21-14/h13,15,20-21,23,26,30,32H,6-12,14,16-19,22H2,1-5H3,(H,37,38);12,14,16,20H,3-11,13H2,1-2H3;7-8,10,14-15H,4-6,9H2,1-3H3/t23?,26-,30+,32?;14?,16-;14-,15?/m110/s1. The van der Waals surface area contributed by atoms with E-state index in [1.54, 1.807) is 47.1 Å². The van der Waals surface area contributed by atoms with Gasteiger partial charge in [-0.2, -0.15) is 0 Å². The van der Waals surface area contributed by atoms with Gasteiger partial charge in [0.15, 0.2) is 0 Å². The lowest BCUT2D eigenvalue weighted by atomic mass is 9.87. The largest absolute Gasteiger partial charge is 0.496 e. The number of nitrogens with zero attached hydrogens (tertiary/aromatic N) is 3. The number of carbonyl (C=O) groups is 2. The molecule has 0 spiro atoms. The second kappa shape index (κ2) is 33.7. The van der Waals surface area contributed by atoms with Crippen LogP contribution in [-0.2, 0) is 70.1 Å². The number of aryl methyl sites for hydroxylation is 2. The van der Waals surface area contributed by atoms with Crippen molar-refractivity contribution in [2.75, 3.05) is 72.1 Å². The van der Waals surface area contributed by atoms with Crippen LogP contribution in [0.25, 0.3) is 0 Å². The number of benzene rings is 2. The van der Waals surface area contributed by atoms with Crippen LogP contribution in [0.4, 0.5) is 14.6 Å². The van der Waals surface area contributed by atoms with E-state index in [0.29, 0.717) is 56.2 Å². The van der Waals surface area contributed by atoms with Gasteiger partial charge in [-0.1, -0.05) is 35.0 Å². The number of methoxy groups -OCH3 is 2. The van der Waals surface area contributed by atoms with E-state index >= 15 is 0 Å². The van der Waals surface area contributed by atoms with E-state index in [0.717, 1.165) is 175 Å². The summed E-state index contributed by atoms with van der Waals surface area (Å²) in [5.74, 6) is 2.14. The summed E-state index contributed by atoms with van der Waals surface area (Å²) in [6.45, 7) is 21.7. The topological polar surface area (TPSA) is 161 Å². The van der Waals surface area contributed by atoms with Gasteiger partial charge in [-0.05, 0) is 229 Å². The minimum absolute atomic E-state index is 0.00414. The van der Waals surface area contributed by atoms with Crippen LogP contribution in [0.2, 0.25) is 0 Å². The molecule has 2 N–H and O–H groups in total. The molecule has 10 rings (SSSR count). The maximum absolute atomic E-state index is 14.7. The van der Waals surface area contributed by atoms with Crippen molar-refractivity contribution in [2.45, 2.75) is 230 Å². The van der Waals surface area contributed by atoms with E-state index < -0.39 is 28.0 Å². The summed E-state index contributed by atoms with van der Waals surface area (Å²) in [6, 6.07) is 13.2. The first-order valence-electron chi connectivity index (χ1n) is 33.1. The number of ether oxygens (including phenoxy) is 8. The molecular formula is C71H102BrF2N5O10. The summed E-state index contributed by atoms with van der Waals surface area (Å²) in [5.41, 5.74) is 7.70. The first-order valence-corrected chi connectivity index (χ1v) is 34.0. The molecule has 7 heterocycles. The fourth-order valence-corrected chi connectivity index (χ4v) is 13.3. The Morgan fingerprint density at radius 3 is 1.84 bits per heavy atom. The number of likely N-dealkylation sites (tertiary alicyclic amines) is 1. The summed E-state index contributed by atoms with van der Waals surface area (Å²) in [7, 11) is 3.50. The second-order valence-corrected chi connectivity index (χ2v) is 28.0. The molecule has 4 aromatic rings. The van der Waals surface area contributed by atoms with E-state index in [1.807, 2.05) is 20.8 Å². The summed E-state index contributed by atoms with van der Waals surface area (Å²) in [6.07, 6.45) is 19.5. The highest BCUT2D eigenvalue weighted by molar-refractivity contribution is 9.09. The maximum atomic E-state index is 14.7. The van der Waals surface area contributed by atoms with Crippen LogP contribution in [0, 0.1) is 17.6 Å². The molecule has 8 atom stereocenters. The SMILES string of the molecule is CC(C)(C)OC(=O)C(Br)c1cc(F)ccc1[C@@H]1CCCCO1.COc1cc(CCCCO[C@@H]2CCN(C(C(=O)OC(C)(C)C)c3cc(F)ccc3[C@@H]3CCCCO3)C2)nc2c1CCC(C)N2.COc1cc(CCCCO[C@@H]2CCNC2)nc2c1CCC(C)C2. The zero-order valence-corrected chi connectivity index (χ0v) is 56.5. The van der Waals surface area contributed by atoms with Gasteiger partial charge in [-0.15, -0.1) is 0 Å². The lowest BCUT2D eigenvalue weighted by Crippen LogP contribution is -2.38. The molecule has 1 aliphatic carbocycles. The van der Waals surface area contributed by atoms with Gasteiger partial charge in [-0.3, -0.25) is 14.7 Å². The van der Waals surface area contributed by atoms with Gasteiger partial charge in [0.2, 0.25) is 0 Å². The monoisotopic (exact) mass is 1300 g/mol. The van der Waals surface area contributed by atoms with Crippen LogP contribution in [0.15, 0.2) is 48.5 Å². The van der Waals surface area contributed by atoms with Crippen LogP contribution < -0.4 is 20.1 Å². The maximum Gasteiger partial charge on any atom is 0.328 e. The average molecular weight is 1300 g/mol. The summed E-state index contributed by atoms with van der Waals surface area (Å²) in [5, 5.41) is 6.84. The number of hydrogen-bond donors (Lipinski definition) is 2. The molecule has 2 aromatic carbocycles. The van der Waals surface area contributed by atoms with Gasteiger partial charge in [-0.25, -0.2) is 18.6 Å². The molecule has 0 saturated carbocycles. The zero-order valence-electron chi connectivity index (χ0n) is 54.9. The summed E-state index contributed by atoms with van der Waals surface area (Å²) >= 11 is 3.36. The first-order chi connectivity index (χ1) is 42.6. The number of carbonyl (C=O) groups excluding carboxylic acids is 2. The molecule has 2 aromatic heterocycles. The number of hydrogen-bond acceptors (Lipinski definition) is 15. The summed E-state index contributed by atoms with van der Waals surface area (Å²) < 4.78 is 75.0. The van der Waals surface area contributed by atoms with Gasteiger partial charge < -0.3 is 48.5 Å². The fraction of sp³-hybridized carbons (Fsp3) is 0.662. The van der Waals surface area contributed by atoms with Crippen LogP contribution in [0.1, 0.15) is 219 Å². The lowest BCUT2D eigenvalue weighted by Gasteiger charge is -2.33. The normalized spacial score (nSPS) is 22.6. The molecule has 4 saturated heterocycles. The Hall–Kier alpha value is -4.82. The highest BCUT2D eigenvalue weighted by Gasteiger charge is 2.40. The molecule has 6 aliphatic rings. The van der Waals surface area contributed by atoms with Gasteiger partial charge in [0.1, 0.15) is 51.0 Å². The van der Waals surface area contributed by atoms with Gasteiger partial charge in [0.05, 0.1) is 38.6 Å². The quantitative estimate of drug-likeness (QED) is 0.0460. The molecule has 0 bridgehead atoms. The van der Waals surface area contributed by atoms with E-state index in [2.05, 4.69) is 57.4 Å². The molecule has 4 fully saturated rings. The predicted octanol–water partition coefficient (Wildman–Crippen LogP) is 14.5. The number of esters is 2. The molecule has 0 amide bonds. The number of anilines is 1. The minimum atomic E-state index is -0.722. The van der Waals surface area contributed by atoms with E-state index in [-0.39, 0.29) is 35.9 Å². The molecule has 18 heteroatoms. The first kappa shape index (κ1) is 70.1. The number of nitrogens with one attached hydrogen (secondary N) is 2. The second-order valence-electron chi connectivity index (χ2n) is 27.1. The van der Waals surface area contributed by atoms with Crippen molar-refractivity contribution in [3.8, 4) is 11.5 Å². The number of unbranched alkanes of at least 4 members (excludes halogenated alkanes) is 2. The van der Waals surface area contributed by atoms with E-state index in [4.69, 9.17) is 47.9 Å². The number of alkyl halides is 1. The third-order valence-electron chi connectivity index (χ3n) is 17.3. The van der Waals surface area contributed by atoms with Crippen molar-refractivity contribution in [1.29, 1.82) is 0 Å². The molecule has 89 heavy (non-hydrogen) atoms. The molecule has 4 unspecified atom stereocenters. The highest BCUT2D eigenvalue weighted by atomic mass is 79.9. The number of halogens is 3. The van der Waals surface area contributed by atoms with Crippen LogP contribution in [0.5, 0.6) is 11.5 Å². The number of rotatable bonds is 21. The smallest absolute Gasteiger partial charge is 0.328 e. The third-order valence-corrected chi connectivity index (χ3v) is 18.2. The van der Waals surface area contributed by atoms with Crippen molar-refractivity contribution >= 4 is 33.7 Å². The van der Waals surface area contributed by atoms with Crippen molar-refractivity contribution in [3.63, 3.8) is 0 Å². The van der Waals surface area contributed by atoms with Crippen LogP contribution in [0.3, 0.4) is 0 Å². The van der Waals surface area contributed by atoms with Crippen LogP contribution in [-0.4, -0.2) is 123 Å². The molecule has 492 valence electrons. The highest BCUT2D eigenvalue weighted by Crippen LogP contribution is 2.40. The van der Waals surface area contributed by atoms with Crippen molar-refractivity contribution in [3.05, 3.63) is 111 Å². The summed E-state index contributed by atoms with van der Waals surface area (Å²) in [4.78, 5) is 37.2. The number of aromatic nitrogens is 2. The van der Waals surface area contributed by atoms with Crippen molar-refractivity contribution < 1.29 is 56.3 Å². The third kappa shape index (κ3) is 21.1. The Morgan fingerprint density at radius 1 is 0.685 bits per heavy atom. The minimum Gasteiger partial charge on any atom is -0.496 e. The average Bonchev–Trinajstić information content (AvgIpc) is 2.50. The Labute approximate surface area is 537 Å². The van der Waals surface area contributed by atoms with E-state index in [9.17, 15) is 18.4 Å². The lowest BCUT2D eigenvalue weighted by molar-refractivity contribution is -0.161. The van der Waals surface area contributed by atoms with Gasteiger partial charge >= 0.3 is 11.9 Å². The Balaban J connectivity index is 0.000000191. The van der Waals surface area contributed by atoms with Crippen molar-refractivity contribution in [2.24, 2.45) is 5.92 Å². The molecular weight excluding hydrogens is 1200 g/mol. The Bertz CT molecular complexity index is 2900. The van der Waals surface area contributed by atoms with Gasteiger partial charge in [0, 0.05) is 92.4 Å². The molecule has 5 aliphatic heterocycles. The van der Waals surface area contributed by atoms with Crippen molar-refractivity contribution in [1.82, 2.24) is 20.2 Å². The number of fused-ring (bicyclic) bond motifs is 2. The molecule has 0 radical (unpaired) electrons. The fourth-order valence-electron chi connectivity index (χ4n) is 12.8. The number of pyridine rings is 2. The Morgan fingerprint density at radius 2 is 1.26 bits per heavy atom. The molecule has 15 nitrogen and oxygen atoms in total. The van der Waals surface area contributed by atoms with Crippen LogP contribution >= 0.6 is 15.9 Å². The predicted molar refractivity (Wildman–Crippen MR) is 347 cm³/mol. The zero-order chi connectivity index (χ0) is 63.7. The van der Waals surface area contributed by atoms with E-state index in [1.165, 1.54) is 53.2 Å². The Kier molecular flexibility index (Phi) is 26.5.